The zero-order valence-corrected chi connectivity index (χ0v) is 16.8. The molecule has 0 aliphatic heterocycles. The molecule has 29 heavy (non-hydrogen) atoms. The summed E-state index contributed by atoms with van der Waals surface area (Å²) < 4.78 is 0. The molecule has 0 aliphatic carbocycles. The number of rotatable bonds is 6. The number of carbonyl (C=O) groups is 2. The number of ketones is 2. The Morgan fingerprint density at radius 1 is 0.793 bits per heavy atom. The topological polar surface area (TPSA) is 57.9 Å². The van der Waals surface area contributed by atoms with Gasteiger partial charge < -0.3 is 0 Å². The van der Waals surface area contributed by atoms with Crippen LogP contribution in [0, 0.1) is 11.3 Å². The van der Waals surface area contributed by atoms with Crippen molar-refractivity contribution in [3.05, 3.63) is 107 Å². The molecule has 1 unspecified atom stereocenters. The maximum absolute atomic E-state index is 11.8. The number of nitrogens with zero attached hydrogens (tertiary/aromatic N) is 1. The predicted octanol–water partition coefficient (Wildman–Crippen LogP) is 5.29. The molecule has 0 heterocycles. The summed E-state index contributed by atoms with van der Waals surface area (Å²) in [4.78, 5) is 22.4. The molecule has 0 aliphatic rings. The second kappa shape index (κ2) is 11.4. The Labute approximate surface area is 172 Å². The summed E-state index contributed by atoms with van der Waals surface area (Å²) in [6.45, 7) is 3.23. The summed E-state index contributed by atoms with van der Waals surface area (Å²) in [5.74, 6) is 0.260. The first-order valence-electron chi connectivity index (χ1n) is 9.57. The van der Waals surface area contributed by atoms with Crippen LogP contribution in [0.1, 0.15) is 42.0 Å². The largest absolute Gasteiger partial charge is 0.300 e. The Bertz CT molecular complexity index is 955. The van der Waals surface area contributed by atoms with Crippen molar-refractivity contribution in [3.8, 4) is 6.07 Å². The lowest BCUT2D eigenvalue weighted by Gasteiger charge is -2.14. The van der Waals surface area contributed by atoms with Gasteiger partial charge in [-0.25, -0.2) is 0 Å². The number of hydrogen-bond donors (Lipinski definition) is 0. The van der Waals surface area contributed by atoms with E-state index in [1.54, 1.807) is 26.0 Å². The first kappa shape index (κ1) is 21.8. The highest BCUT2D eigenvalue weighted by Crippen LogP contribution is 2.22. The standard InChI is InChI=1S/C17H15NO.C9H10O/c1-13(19)17(16-5-3-2-4-6-16)11-14-7-9-15(12-18)10-8-14;1-8(10)7-9-5-3-2-4-6-9/h2-10,17H,11H2,1H3;2-6H,7H2,1H3. The molecular weight excluding hydrogens is 358 g/mol. The lowest BCUT2D eigenvalue weighted by molar-refractivity contribution is -0.118. The molecule has 0 spiro atoms. The van der Waals surface area contributed by atoms with Gasteiger partial charge in [-0.15, -0.1) is 0 Å². The van der Waals surface area contributed by atoms with Crippen LogP contribution in [0.4, 0.5) is 0 Å². The number of benzene rings is 3. The van der Waals surface area contributed by atoms with Crippen LogP contribution >= 0.6 is 0 Å². The fourth-order valence-electron chi connectivity index (χ4n) is 3.02. The molecule has 1 atom stereocenters. The molecule has 0 aromatic heterocycles. The molecule has 0 saturated heterocycles. The molecule has 3 aromatic carbocycles. The second-order valence-corrected chi connectivity index (χ2v) is 6.95. The first-order valence-corrected chi connectivity index (χ1v) is 9.57. The van der Waals surface area contributed by atoms with E-state index in [9.17, 15) is 9.59 Å². The highest BCUT2D eigenvalue weighted by Gasteiger charge is 2.16. The first-order chi connectivity index (χ1) is 14.0. The van der Waals surface area contributed by atoms with Crippen molar-refractivity contribution in [1.29, 1.82) is 5.26 Å². The third-order valence-corrected chi connectivity index (χ3v) is 4.51. The van der Waals surface area contributed by atoms with E-state index in [1.165, 1.54) is 0 Å². The minimum atomic E-state index is -0.117. The summed E-state index contributed by atoms with van der Waals surface area (Å²) in [6, 6.07) is 29.1. The highest BCUT2D eigenvalue weighted by molar-refractivity contribution is 5.83. The van der Waals surface area contributed by atoms with Gasteiger partial charge in [0.25, 0.3) is 0 Å². The van der Waals surface area contributed by atoms with Crippen LogP contribution in [0.5, 0.6) is 0 Å². The maximum atomic E-state index is 11.8. The SMILES string of the molecule is CC(=O)C(Cc1ccc(C#N)cc1)c1ccccc1.CC(=O)Cc1ccccc1. The number of carbonyl (C=O) groups excluding carboxylic acids is 2. The van der Waals surface area contributed by atoms with E-state index in [-0.39, 0.29) is 17.5 Å². The summed E-state index contributed by atoms with van der Waals surface area (Å²) in [5.41, 5.74) is 3.85. The summed E-state index contributed by atoms with van der Waals surface area (Å²) in [6.07, 6.45) is 1.23. The average Bonchev–Trinajstić information content (AvgIpc) is 2.73. The molecular formula is C26H25NO2. The van der Waals surface area contributed by atoms with Crippen LogP contribution in [0.2, 0.25) is 0 Å². The monoisotopic (exact) mass is 383 g/mol. The van der Waals surface area contributed by atoms with E-state index < -0.39 is 0 Å². The lowest BCUT2D eigenvalue weighted by Crippen LogP contribution is -2.11. The summed E-state index contributed by atoms with van der Waals surface area (Å²) in [5, 5.41) is 8.77. The number of Topliss-reactive ketones (excluding diaryl/α,β-unsaturated/α-hetero) is 2. The van der Waals surface area contributed by atoms with Gasteiger partial charge in [0.05, 0.1) is 11.6 Å². The van der Waals surface area contributed by atoms with E-state index in [0.717, 1.165) is 16.7 Å². The molecule has 146 valence electrons. The van der Waals surface area contributed by atoms with E-state index in [0.29, 0.717) is 18.4 Å². The number of nitriles is 1. The summed E-state index contributed by atoms with van der Waals surface area (Å²) in [7, 11) is 0. The minimum Gasteiger partial charge on any atom is -0.300 e. The van der Waals surface area contributed by atoms with Crippen LogP contribution in [0.3, 0.4) is 0 Å². The fraction of sp³-hybridized carbons (Fsp3) is 0.192. The maximum Gasteiger partial charge on any atom is 0.137 e. The van der Waals surface area contributed by atoms with E-state index >= 15 is 0 Å². The van der Waals surface area contributed by atoms with Gasteiger partial charge in [-0.2, -0.15) is 5.26 Å². The van der Waals surface area contributed by atoms with E-state index in [1.807, 2.05) is 72.8 Å². The smallest absolute Gasteiger partial charge is 0.137 e. The third kappa shape index (κ3) is 7.56. The predicted molar refractivity (Wildman–Crippen MR) is 116 cm³/mol. The summed E-state index contributed by atoms with van der Waals surface area (Å²) >= 11 is 0. The molecule has 3 aromatic rings. The van der Waals surface area contributed by atoms with Crippen LogP contribution in [0.15, 0.2) is 84.9 Å². The average molecular weight is 383 g/mol. The Hall–Kier alpha value is -3.51. The molecule has 0 N–H and O–H groups in total. The van der Waals surface area contributed by atoms with Crippen molar-refractivity contribution in [3.63, 3.8) is 0 Å². The van der Waals surface area contributed by atoms with Crippen molar-refractivity contribution < 1.29 is 9.59 Å². The van der Waals surface area contributed by atoms with E-state index in [2.05, 4.69) is 6.07 Å². The Morgan fingerprint density at radius 3 is 1.83 bits per heavy atom. The highest BCUT2D eigenvalue weighted by atomic mass is 16.1. The van der Waals surface area contributed by atoms with E-state index in [4.69, 9.17) is 5.26 Å². The Balaban J connectivity index is 0.000000253. The minimum absolute atomic E-state index is 0.117. The third-order valence-electron chi connectivity index (χ3n) is 4.51. The van der Waals surface area contributed by atoms with Crippen LogP contribution < -0.4 is 0 Å². The molecule has 0 bridgehead atoms. The number of hydrogen-bond acceptors (Lipinski definition) is 3. The molecule has 3 rings (SSSR count). The van der Waals surface area contributed by atoms with Gasteiger partial charge in [0.2, 0.25) is 0 Å². The van der Waals surface area contributed by atoms with Crippen LogP contribution in [-0.2, 0) is 22.4 Å². The molecule has 0 fully saturated rings. The van der Waals surface area contributed by atoms with Crippen molar-refractivity contribution in [1.82, 2.24) is 0 Å². The van der Waals surface area contributed by atoms with Gasteiger partial charge in [0.15, 0.2) is 0 Å². The van der Waals surface area contributed by atoms with Crippen molar-refractivity contribution in [2.75, 3.05) is 0 Å². The molecule has 3 heteroatoms. The fourth-order valence-corrected chi connectivity index (χ4v) is 3.02. The van der Waals surface area contributed by atoms with Gasteiger partial charge >= 0.3 is 0 Å². The van der Waals surface area contributed by atoms with Gasteiger partial charge in [0.1, 0.15) is 11.6 Å². The molecule has 0 radical (unpaired) electrons. The molecule has 0 amide bonds. The normalized spacial score (nSPS) is 10.8. The Kier molecular flexibility index (Phi) is 8.53. The second-order valence-electron chi connectivity index (χ2n) is 6.95. The van der Waals surface area contributed by atoms with Crippen molar-refractivity contribution in [2.45, 2.75) is 32.6 Å². The van der Waals surface area contributed by atoms with Gasteiger partial charge in [-0.3, -0.25) is 9.59 Å². The molecule has 3 nitrogen and oxygen atoms in total. The van der Waals surface area contributed by atoms with Gasteiger partial charge in [0, 0.05) is 12.3 Å². The van der Waals surface area contributed by atoms with Gasteiger partial charge in [-0.1, -0.05) is 72.8 Å². The zero-order valence-electron chi connectivity index (χ0n) is 16.8. The van der Waals surface area contributed by atoms with Crippen LogP contribution in [-0.4, -0.2) is 11.6 Å². The van der Waals surface area contributed by atoms with Gasteiger partial charge in [-0.05, 0) is 49.1 Å². The van der Waals surface area contributed by atoms with Crippen molar-refractivity contribution >= 4 is 11.6 Å². The zero-order chi connectivity index (χ0) is 21.1. The molecule has 0 saturated carbocycles. The van der Waals surface area contributed by atoms with Crippen molar-refractivity contribution in [2.24, 2.45) is 0 Å². The Morgan fingerprint density at radius 2 is 1.34 bits per heavy atom. The van der Waals surface area contributed by atoms with Crippen LogP contribution in [0.25, 0.3) is 0 Å². The quantitative estimate of drug-likeness (QED) is 0.581. The lowest BCUT2D eigenvalue weighted by atomic mass is 9.89.